The van der Waals surface area contributed by atoms with Crippen LogP contribution in [-0.4, -0.2) is 74.4 Å². The summed E-state index contributed by atoms with van der Waals surface area (Å²) in [5, 5.41) is 51.8. The first-order chi connectivity index (χ1) is 20.8. The van der Waals surface area contributed by atoms with Gasteiger partial charge in [0.15, 0.2) is 5.78 Å². The van der Waals surface area contributed by atoms with E-state index in [1.54, 1.807) is 0 Å². The lowest BCUT2D eigenvalue weighted by molar-refractivity contribution is -0.233. The molecule has 5 aliphatic carbocycles. The van der Waals surface area contributed by atoms with Crippen molar-refractivity contribution in [3.8, 4) is 0 Å². The van der Waals surface area contributed by atoms with Gasteiger partial charge in [-0.2, -0.15) is 0 Å². The molecule has 1 saturated heterocycles. The summed E-state index contributed by atoms with van der Waals surface area (Å²) in [7, 11) is 0. The predicted molar refractivity (Wildman–Crippen MR) is 169 cm³/mol. The Kier molecular flexibility index (Phi) is 7.90. The lowest BCUT2D eigenvalue weighted by atomic mass is 9.33. The van der Waals surface area contributed by atoms with Crippen LogP contribution >= 0.6 is 0 Å². The summed E-state index contributed by atoms with van der Waals surface area (Å²) in [5.74, 6) is -0.523. The van der Waals surface area contributed by atoms with E-state index in [4.69, 9.17) is 4.74 Å². The number of aliphatic carboxylic acids is 1. The molecule has 254 valence electrons. The quantitative estimate of drug-likeness (QED) is 0.276. The minimum absolute atomic E-state index is 0.0127. The average Bonchev–Trinajstić information content (AvgIpc) is 2.95. The highest BCUT2D eigenvalue weighted by Crippen LogP contribution is 2.76. The van der Waals surface area contributed by atoms with Crippen LogP contribution in [0, 0.1) is 56.2 Å². The maximum absolute atomic E-state index is 14.1. The monoisotopic (exact) mass is 630 g/mol. The minimum Gasteiger partial charge on any atom is -0.481 e. The van der Waals surface area contributed by atoms with Gasteiger partial charge in [0.25, 0.3) is 0 Å². The van der Waals surface area contributed by atoms with E-state index < -0.39 is 53.9 Å². The van der Waals surface area contributed by atoms with Crippen LogP contribution in [0.1, 0.15) is 113 Å². The van der Waals surface area contributed by atoms with Crippen LogP contribution in [0.5, 0.6) is 0 Å². The Morgan fingerprint density at radius 3 is 2.16 bits per heavy atom. The van der Waals surface area contributed by atoms with Gasteiger partial charge < -0.3 is 30.3 Å². The number of allylic oxidation sites excluding steroid dienone is 2. The molecule has 0 spiro atoms. The first-order valence-electron chi connectivity index (χ1n) is 17.6. The molecule has 13 atom stereocenters. The number of carboxylic acids is 1. The zero-order valence-electron chi connectivity index (χ0n) is 28.5. The van der Waals surface area contributed by atoms with Crippen LogP contribution in [0.3, 0.4) is 0 Å². The van der Waals surface area contributed by atoms with E-state index in [2.05, 4.69) is 54.5 Å². The Labute approximate surface area is 269 Å². The summed E-state index contributed by atoms with van der Waals surface area (Å²) in [5.41, 5.74) is 0.396. The smallest absolute Gasteiger partial charge is 0.310 e. The summed E-state index contributed by atoms with van der Waals surface area (Å²) >= 11 is 0. The van der Waals surface area contributed by atoms with E-state index >= 15 is 0 Å². The van der Waals surface area contributed by atoms with Crippen molar-refractivity contribution in [1.29, 1.82) is 0 Å². The van der Waals surface area contributed by atoms with Gasteiger partial charge in [-0.25, -0.2) is 0 Å². The van der Waals surface area contributed by atoms with Crippen LogP contribution in [0.2, 0.25) is 0 Å². The van der Waals surface area contributed by atoms with Gasteiger partial charge in [0, 0.05) is 5.92 Å². The molecule has 0 aromatic heterocycles. The predicted octanol–water partition coefficient (Wildman–Crippen LogP) is 4.90. The van der Waals surface area contributed by atoms with Crippen LogP contribution in [0.4, 0.5) is 0 Å². The van der Waals surface area contributed by atoms with Crippen LogP contribution in [-0.2, 0) is 14.3 Å². The van der Waals surface area contributed by atoms with Crippen molar-refractivity contribution >= 4 is 11.8 Å². The second-order valence-electron chi connectivity index (χ2n) is 18.2. The van der Waals surface area contributed by atoms with Gasteiger partial charge in [0.1, 0.15) is 30.5 Å². The van der Waals surface area contributed by atoms with Crippen molar-refractivity contribution in [3.05, 3.63) is 11.6 Å². The van der Waals surface area contributed by atoms with Gasteiger partial charge >= 0.3 is 5.97 Å². The number of Topliss-reactive ketones (excluding diaryl/α,β-unsaturated/α-hetero) is 1. The van der Waals surface area contributed by atoms with Crippen molar-refractivity contribution in [1.82, 2.24) is 0 Å². The van der Waals surface area contributed by atoms with Crippen molar-refractivity contribution in [3.63, 3.8) is 0 Å². The Balaban J connectivity index is 1.31. The molecule has 1 aliphatic heterocycles. The van der Waals surface area contributed by atoms with E-state index in [1.807, 2.05) is 0 Å². The Morgan fingerprint density at radius 2 is 1.51 bits per heavy atom. The highest BCUT2D eigenvalue weighted by molar-refractivity contribution is 5.87. The molecule has 5 N–H and O–H groups in total. The van der Waals surface area contributed by atoms with Gasteiger partial charge in [-0.15, -0.1) is 0 Å². The number of aliphatic hydroxyl groups excluding tert-OH is 4. The molecule has 4 saturated carbocycles. The van der Waals surface area contributed by atoms with Gasteiger partial charge in [-0.3, -0.25) is 9.59 Å². The van der Waals surface area contributed by atoms with Crippen molar-refractivity contribution < 1.29 is 39.9 Å². The van der Waals surface area contributed by atoms with Crippen LogP contribution < -0.4 is 0 Å². The number of hydrogen-bond acceptors (Lipinski definition) is 7. The number of rotatable bonds is 4. The molecule has 0 bridgehead atoms. The van der Waals surface area contributed by atoms with Crippen LogP contribution in [0.25, 0.3) is 0 Å². The SMILES string of the molecule is CC1(C)CC[C@]2(C(=O)O)CC[C@]3(C)C(=CCC4[C@@]5(C)CC[C@H](C(=O)[C@@H]6OC(CO)[C@H](O)[C@H](O)C6O)C(C)(C)C5CC[C@]43C)C2C1. The summed E-state index contributed by atoms with van der Waals surface area (Å²) in [4.78, 5) is 27.1. The maximum Gasteiger partial charge on any atom is 0.310 e. The average molecular weight is 631 g/mol. The first-order valence-corrected chi connectivity index (χ1v) is 17.6. The summed E-state index contributed by atoms with van der Waals surface area (Å²) < 4.78 is 5.75. The number of carbonyl (C=O) groups excluding carboxylic acids is 1. The van der Waals surface area contributed by atoms with Gasteiger partial charge in [0.05, 0.1) is 12.0 Å². The lowest BCUT2D eigenvalue weighted by Crippen LogP contribution is -2.66. The Hall–Kier alpha value is -1.32. The van der Waals surface area contributed by atoms with E-state index in [0.717, 1.165) is 57.8 Å². The zero-order valence-corrected chi connectivity index (χ0v) is 28.5. The number of aliphatic hydroxyl groups is 4. The Bertz CT molecular complexity index is 1250. The molecule has 8 nitrogen and oxygen atoms in total. The third-order valence-corrected chi connectivity index (χ3v) is 15.6. The molecule has 0 aromatic rings. The number of fused-ring (bicyclic) bond motifs is 7. The van der Waals surface area contributed by atoms with E-state index in [9.17, 15) is 35.1 Å². The van der Waals surface area contributed by atoms with Gasteiger partial charge in [0.2, 0.25) is 0 Å². The maximum atomic E-state index is 14.1. The molecule has 0 aromatic carbocycles. The first kappa shape index (κ1) is 33.6. The summed E-state index contributed by atoms with van der Waals surface area (Å²) in [6.07, 6.45) is 4.19. The fraction of sp³-hybridized carbons (Fsp3) is 0.892. The number of carbonyl (C=O) groups is 2. The summed E-state index contributed by atoms with van der Waals surface area (Å²) in [6, 6.07) is 0. The highest BCUT2D eigenvalue weighted by Gasteiger charge is 2.70. The molecule has 0 amide bonds. The zero-order chi connectivity index (χ0) is 33.1. The van der Waals surface area contributed by atoms with Gasteiger partial charge in [-0.05, 0) is 109 Å². The number of ketones is 1. The normalized spacial score (nSPS) is 51.9. The molecule has 6 rings (SSSR count). The molecule has 6 aliphatic rings. The Morgan fingerprint density at radius 1 is 0.844 bits per heavy atom. The molecule has 1 heterocycles. The summed E-state index contributed by atoms with van der Waals surface area (Å²) in [6.45, 7) is 15.8. The second kappa shape index (κ2) is 10.6. The molecule has 8 heteroatoms. The number of carboxylic acid groups (broad SMARTS) is 1. The number of ether oxygens (including phenoxy) is 1. The largest absolute Gasteiger partial charge is 0.481 e. The highest BCUT2D eigenvalue weighted by atomic mass is 16.5. The van der Waals surface area contributed by atoms with E-state index in [0.29, 0.717) is 12.3 Å². The second-order valence-corrected chi connectivity index (χ2v) is 18.2. The molecular formula is C37H58O8. The lowest BCUT2D eigenvalue weighted by Gasteiger charge is -2.71. The van der Waals surface area contributed by atoms with Crippen LogP contribution in [0.15, 0.2) is 11.6 Å². The number of hydrogen-bond donors (Lipinski definition) is 5. The molecule has 5 fully saturated rings. The third-order valence-electron chi connectivity index (χ3n) is 15.6. The topological polar surface area (TPSA) is 145 Å². The van der Waals surface area contributed by atoms with Crippen molar-refractivity contribution in [2.45, 2.75) is 143 Å². The molecule has 5 unspecified atom stereocenters. The third kappa shape index (κ3) is 4.47. The van der Waals surface area contributed by atoms with Crippen molar-refractivity contribution in [2.75, 3.05) is 6.61 Å². The molecule has 45 heavy (non-hydrogen) atoms. The minimum atomic E-state index is -1.56. The van der Waals surface area contributed by atoms with Crippen molar-refractivity contribution in [2.24, 2.45) is 56.2 Å². The van der Waals surface area contributed by atoms with E-state index in [1.165, 1.54) is 5.57 Å². The fourth-order valence-corrected chi connectivity index (χ4v) is 12.7. The van der Waals surface area contributed by atoms with Gasteiger partial charge in [-0.1, -0.05) is 60.1 Å². The molecule has 0 radical (unpaired) electrons. The molecular weight excluding hydrogens is 572 g/mol. The standard InChI is InChI=1S/C37H58O8/c1-32(2)14-16-37(31(43)44)17-15-35(6)20(22(37)18-32)8-9-25-34(5)12-10-21(33(3,4)24(34)11-13-36(25,35)7)26(39)30-29(42)28(41)27(40)23(19-38)45-30/h8,21-25,27-30,38,40-42H,9-19H2,1-7H3,(H,43,44)/t21-,22?,23?,24?,25?,27+,28+,29?,30+,34+,35-,36-,37+/m1/s1. The van der Waals surface area contributed by atoms with E-state index in [-0.39, 0.29) is 45.2 Å². The fourth-order valence-electron chi connectivity index (χ4n) is 12.7.